The summed E-state index contributed by atoms with van der Waals surface area (Å²) in [5, 5.41) is 2.49. The van der Waals surface area contributed by atoms with E-state index in [2.05, 4.69) is 20.3 Å². The van der Waals surface area contributed by atoms with Crippen LogP contribution in [-0.4, -0.2) is 46.0 Å². The molecule has 0 aliphatic carbocycles. The highest BCUT2D eigenvalue weighted by molar-refractivity contribution is 6.04. The van der Waals surface area contributed by atoms with E-state index in [0.29, 0.717) is 31.6 Å². The van der Waals surface area contributed by atoms with E-state index in [1.54, 1.807) is 4.90 Å². The molecule has 9 nitrogen and oxygen atoms in total. The van der Waals surface area contributed by atoms with Crippen LogP contribution < -0.4 is 10.2 Å². The van der Waals surface area contributed by atoms with Crippen LogP contribution in [0.25, 0.3) is 11.5 Å². The summed E-state index contributed by atoms with van der Waals surface area (Å²) in [4.78, 5) is 37.7. The fourth-order valence-corrected chi connectivity index (χ4v) is 3.58. The lowest BCUT2D eigenvalue weighted by Gasteiger charge is -2.33. The average molecular weight is 475 g/mol. The summed E-state index contributed by atoms with van der Waals surface area (Å²) in [7, 11) is 0. The van der Waals surface area contributed by atoms with Gasteiger partial charge in [-0.05, 0) is 18.2 Å². The number of hydrogen-bond donors (Lipinski definition) is 1. The summed E-state index contributed by atoms with van der Waals surface area (Å²) < 4.78 is 50.7. The van der Waals surface area contributed by atoms with Gasteiger partial charge in [0.1, 0.15) is 11.8 Å². The third-order valence-electron chi connectivity index (χ3n) is 5.16. The van der Waals surface area contributed by atoms with Crippen molar-refractivity contribution >= 4 is 23.4 Å². The molecule has 1 aliphatic heterocycles. The van der Waals surface area contributed by atoms with Gasteiger partial charge in [-0.1, -0.05) is 0 Å². The predicted molar refractivity (Wildman–Crippen MR) is 114 cm³/mol. The summed E-state index contributed by atoms with van der Waals surface area (Å²) in [5.41, 5.74) is -0.706. The molecule has 1 saturated heterocycles. The number of alkyl halides is 3. The van der Waals surface area contributed by atoms with Crippen LogP contribution in [0.15, 0.2) is 47.4 Å². The Kier molecular flexibility index (Phi) is 6.48. The molecule has 0 radical (unpaired) electrons. The Morgan fingerprint density at radius 2 is 1.91 bits per heavy atom. The van der Waals surface area contributed by atoms with Gasteiger partial charge < -0.3 is 19.4 Å². The van der Waals surface area contributed by atoms with Crippen molar-refractivity contribution in [2.75, 3.05) is 23.3 Å². The van der Waals surface area contributed by atoms with Gasteiger partial charge in [0.25, 0.3) is 5.91 Å². The molecular weight excluding hydrogens is 455 g/mol. The molecule has 1 N–H and O–H groups in total. The van der Waals surface area contributed by atoms with E-state index in [4.69, 9.17) is 9.15 Å². The van der Waals surface area contributed by atoms with Crippen molar-refractivity contribution in [3.05, 3.63) is 54.3 Å². The molecule has 0 bridgehead atoms. The maximum atomic E-state index is 13.3. The van der Waals surface area contributed by atoms with Gasteiger partial charge in [0.2, 0.25) is 0 Å². The number of amides is 1. The minimum absolute atomic E-state index is 0.108. The first kappa shape index (κ1) is 23.2. The van der Waals surface area contributed by atoms with Gasteiger partial charge >= 0.3 is 12.1 Å². The first-order valence-corrected chi connectivity index (χ1v) is 10.4. The Labute approximate surface area is 192 Å². The standard InChI is InChI=1S/C22H20F3N5O4/c1-13(31)33-15-4-8-30(9-5-15)20-16(10-14(11-28-20)22(23,24)25)29-21(32)19-3-2-18(34-19)17-12-26-6-7-27-17/h2-3,6-7,10-12,15H,4-5,8-9H2,1H3,(H,29,32). The number of rotatable bonds is 5. The second-order valence-electron chi connectivity index (χ2n) is 7.60. The van der Waals surface area contributed by atoms with Gasteiger partial charge in [0.05, 0.1) is 17.4 Å². The van der Waals surface area contributed by atoms with Crippen LogP contribution in [0.5, 0.6) is 0 Å². The Balaban J connectivity index is 1.57. The summed E-state index contributed by atoms with van der Waals surface area (Å²) in [6, 6.07) is 3.75. The van der Waals surface area contributed by atoms with Crippen LogP contribution in [0.1, 0.15) is 35.9 Å². The number of carbonyl (C=O) groups is 2. The number of nitrogens with one attached hydrogen (secondary N) is 1. The zero-order chi connectivity index (χ0) is 24.3. The van der Waals surface area contributed by atoms with Crippen LogP contribution >= 0.6 is 0 Å². The van der Waals surface area contributed by atoms with Gasteiger partial charge in [0, 0.05) is 51.4 Å². The molecule has 0 saturated carbocycles. The molecule has 1 aliphatic rings. The van der Waals surface area contributed by atoms with Crippen LogP contribution in [-0.2, 0) is 15.7 Å². The molecule has 1 amide bonds. The third-order valence-corrected chi connectivity index (χ3v) is 5.16. The lowest BCUT2D eigenvalue weighted by Crippen LogP contribution is -2.38. The third kappa shape index (κ3) is 5.33. The van der Waals surface area contributed by atoms with E-state index in [-0.39, 0.29) is 29.1 Å². The molecule has 3 aromatic heterocycles. The van der Waals surface area contributed by atoms with Crippen LogP contribution in [0, 0.1) is 0 Å². The van der Waals surface area contributed by atoms with E-state index in [0.717, 1.165) is 12.3 Å². The van der Waals surface area contributed by atoms with Crippen molar-refractivity contribution in [3.63, 3.8) is 0 Å². The Hall–Kier alpha value is -3.96. The van der Waals surface area contributed by atoms with E-state index in [9.17, 15) is 22.8 Å². The molecular formula is C22H20F3N5O4. The van der Waals surface area contributed by atoms with E-state index < -0.39 is 23.6 Å². The molecule has 34 heavy (non-hydrogen) atoms. The molecule has 0 aromatic carbocycles. The Morgan fingerprint density at radius 1 is 1.15 bits per heavy atom. The number of hydrogen-bond acceptors (Lipinski definition) is 8. The van der Waals surface area contributed by atoms with Crippen LogP contribution in [0.2, 0.25) is 0 Å². The molecule has 3 aromatic rings. The van der Waals surface area contributed by atoms with Crippen molar-refractivity contribution in [1.82, 2.24) is 15.0 Å². The monoisotopic (exact) mass is 475 g/mol. The van der Waals surface area contributed by atoms with E-state index in [1.807, 2.05) is 0 Å². The number of halogens is 3. The molecule has 4 rings (SSSR count). The molecule has 1 fully saturated rings. The number of pyridine rings is 1. The first-order chi connectivity index (χ1) is 16.2. The second-order valence-corrected chi connectivity index (χ2v) is 7.60. The van der Waals surface area contributed by atoms with Crippen LogP contribution in [0.3, 0.4) is 0 Å². The lowest BCUT2D eigenvalue weighted by molar-refractivity contribution is -0.147. The SMILES string of the molecule is CC(=O)OC1CCN(c2ncc(C(F)(F)F)cc2NC(=O)c2ccc(-c3cnccn3)o2)CC1. The van der Waals surface area contributed by atoms with Crippen molar-refractivity contribution < 1.29 is 31.9 Å². The number of ether oxygens (including phenoxy) is 1. The van der Waals surface area contributed by atoms with Gasteiger partial charge in [0.15, 0.2) is 17.3 Å². The molecule has 12 heteroatoms. The number of piperidine rings is 1. The number of aromatic nitrogens is 3. The smallest absolute Gasteiger partial charge is 0.417 e. The quantitative estimate of drug-likeness (QED) is 0.553. The van der Waals surface area contributed by atoms with Gasteiger partial charge in [-0.25, -0.2) is 9.97 Å². The Bertz CT molecular complexity index is 1170. The van der Waals surface area contributed by atoms with Crippen molar-refractivity contribution in [3.8, 4) is 11.5 Å². The Morgan fingerprint density at radius 3 is 2.56 bits per heavy atom. The zero-order valence-electron chi connectivity index (χ0n) is 18.0. The molecule has 0 unspecified atom stereocenters. The number of nitrogens with zero attached hydrogens (tertiary/aromatic N) is 4. The summed E-state index contributed by atoms with van der Waals surface area (Å²) in [6.07, 6.45) is 1.17. The maximum absolute atomic E-state index is 13.3. The summed E-state index contributed by atoms with van der Waals surface area (Å²) in [6.45, 7) is 2.09. The van der Waals surface area contributed by atoms with Crippen molar-refractivity contribution in [1.29, 1.82) is 0 Å². The number of carbonyl (C=O) groups excluding carboxylic acids is 2. The molecule has 4 heterocycles. The van der Waals surface area contributed by atoms with E-state index >= 15 is 0 Å². The molecule has 178 valence electrons. The highest BCUT2D eigenvalue weighted by Gasteiger charge is 2.33. The highest BCUT2D eigenvalue weighted by Crippen LogP contribution is 2.35. The van der Waals surface area contributed by atoms with Crippen molar-refractivity contribution in [2.24, 2.45) is 0 Å². The summed E-state index contributed by atoms with van der Waals surface area (Å²) >= 11 is 0. The molecule has 0 spiro atoms. The largest absolute Gasteiger partial charge is 0.462 e. The normalized spacial score (nSPS) is 14.6. The molecule has 0 atom stereocenters. The van der Waals surface area contributed by atoms with Gasteiger partial charge in [-0.3, -0.25) is 14.6 Å². The lowest BCUT2D eigenvalue weighted by atomic mass is 10.1. The van der Waals surface area contributed by atoms with Gasteiger partial charge in [-0.15, -0.1) is 0 Å². The maximum Gasteiger partial charge on any atom is 0.417 e. The van der Waals surface area contributed by atoms with Crippen LogP contribution in [0.4, 0.5) is 24.7 Å². The van der Waals surface area contributed by atoms with E-state index in [1.165, 1.54) is 37.6 Å². The second kappa shape index (κ2) is 9.49. The summed E-state index contributed by atoms with van der Waals surface area (Å²) in [5.74, 6) is -0.778. The topological polar surface area (TPSA) is 110 Å². The highest BCUT2D eigenvalue weighted by atomic mass is 19.4. The zero-order valence-corrected chi connectivity index (χ0v) is 18.0. The minimum atomic E-state index is -4.64. The predicted octanol–water partition coefficient (Wildman–Crippen LogP) is 3.93. The number of furan rings is 1. The first-order valence-electron chi connectivity index (χ1n) is 10.4. The average Bonchev–Trinajstić information content (AvgIpc) is 3.30. The minimum Gasteiger partial charge on any atom is -0.462 e. The van der Waals surface area contributed by atoms with Crippen molar-refractivity contribution in [2.45, 2.75) is 32.0 Å². The fraction of sp³-hybridized carbons (Fsp3) is 0.318. The fourth-order valence-electron chi connectivity index (χ4n) is 3.58. The number of esters is 1. The number of anilines is 2. The van der Waals surface area contributed by atoms with Gasteiger partial charge in [-0.2, -0.15) is 13.2 Å².